The molecule has 2 aliphatic carbocycles. The Hall–Kier alpha value is -2.11. The van der Waals surface area contributed by atoms with Crippen LogP contribution in [0.25, 0.3) is 0 Å². The van der Waals surface area contributed by atoms with E-state index in [1.165, 1.54) is 5.56 Å². The van der Waals surface area contributed by atoms with Gasteiger partial charge in [-0.15, -0.1) is 10.2 Å². The summed E-state index contributed by atoms with van der Waals surface area (Å²) >= 11 is 6.35. The maximum absolute atomic E-state index is 6.42. The molecule has 2 heterocycles. The SMILES string of the molecule is CN1Cc2nnc([C@H]3CC[C@H](Oc4cccc(C(C)(C)C)c4)CC3)n2C2C=CC(Cl)=CC2C1. The number of fused-ring (bicyclic) bond motifs is 3. The third-order valence-electron chi connectivity index (χ3n) is 7.33. The van der Waals surface area contributed by atoms with Crippen molar-refractivity contribution in [1.29, 1.82) is 0 Å². The Kier molecular flexibility index (Phi) is 6.13. The average molecular weight is 467 g/mol. The molecule has 1 aromatic carbocycles. The van der Waals surface area contributed by atoms with E-state index in [0.717, 1.165) is 61.2 Å². The fourth-order valence-electron chi connectivity index (χ4n) is 5.51. The molecule has 2 aromatic rings. The lowest BCUT2D eigenvalue weighted by atomic mass is 9.85. The summed E-state index contributed by atoms with van der Waals surface area (Å²) in [6.07, 6.45) is 11.0. The van der Waals surface area contributed by atoms with Gasteiger partial charge in [0.15, 0.2) is 0 Å². The molecule has 2 unspecified atom stereocenters. The lowest BCUT2D eigenvalue weighted by Gasteiger charge is -2.32. The van der Waals surface area contributed by atoms with Crippen molar-refractivity contribution in [1.82, 2.24) is 19.7 Å². The largest absolute Gasteiger partial charge is 0.490 e. The molecule has 0 saturated heterocycles. The Balaban J connectivity index is 1.30. The lowest BCUT2D eigenvalue weighted by Crippen LogP contribution is -2.28. The molecule has 1 fully saturated rings. The summed E-state index contributed by atoms with van der Waals surface area (Å²) in [6.45, 7) is 8.52. The molecule has 1 aromatic heterocycles. The minimum absolute atomic E-state index is 0.126. The minimum atomic E-state index is 0.126. The number of rotatable bonds is 3. The van der Waals surface area contributed by atoms with Crippen molar-refractivity contribution in [3.63, 3.8) is 0 Å². The average Bonchev–Trinajstić information content (AvgIpc) is 3.11. The van der Waals surface area contributed by atoms with E-state index in [1.54, 1.807) is 0 Å². The van der Waals surface area contributed by atoms with Crippen LogP contribution in [0, 0.1) is 5.92 Å². The summed E-state index contributed by atoms with van der Waals surface area (Å²) in [5.74, 6) is 3.96. The first-order valence-corrected chi connectivity index (χ1v) is 12.6. The van der Waals surface area contributed by atoms with Crippen molar-refractivity contribution < 1.29 is 4.74 Å². The van der Waals surface area contributed by atoms with E-state index in [9.17, 15) is 0 Å². The lowest BCUT2D eigenvalue weighted by molar-refractivity contribution is 0.143. The molecule has 0 bridgehead atoms. The van der Waals surface area contributed by atoms with Crippen LogP contribution in [-0.4, -0.2) is 39.4 Å². The van der Waals surface area contributed by atoms with Crippen molar-refractivity contribution in [2.24, 2.45) is 5.92 Å². The van der Waals surface area contributed by atoms with E-state index in [-0.39, 0.29) is 17.6 Å². The molecular formula is C27H35ClN4O. The van der Waals surface area contributed by atoms with Gasteiger partial charge < -0.3 is 9.30 Å². The highest BCUT2D eigenvalue weighted by atomic mass is 35.5. The molecule has 5 nitrogen and oxygen atoms in total. The number of benzene rings is 1. The molecule has 1 aliphatic heterocycles. The topological polar surface area (TPSA) is 43.2 Å². The van der Waals surface area contributed by atoms with Crippen LogP contribution in [0.15, 0.2) is 47.5 Å². The van der Waals surface area contributed by atoms with E-state index in [1.807, 2.05) is 6.08 Å². The van der Waals surface area contributed by atoms with Gasteiger partial charge >= 0.3 is 0 Å². The Morgan fingerprint density at radius 3 is 2.64 bits per heavy atom. The summed E-state index contributed by atoms with van der Waals surface area (Å²) in [5.41, 5.74) is 1.44. The molecule has 0 amide bonds. The highest BCUT2D eigenvalue weighted by Gasteiger charge is 2.35. The smallest absolute Gasteiger partial charge is 0.147 e. The van der Waals surface area contributed by atoms with Crippen molar-refractivity contribution in [2.45, 2.75) is 76.5 Å². The highest BCUT2D eigenvalue weighted by molar-refractivity contribution is 6.31. The maximum Gasteiger partial charge on any atom is 0.147 e. The Morgan fingerprint density at radius 2 is 1.88 bits per heavy atom. The number of ether oxygens (including phenoxy) is 1. The van der Waals surface area contributed by atoms with Crippen LogP contribution in [0.3, 0.4) is 0 Å². The van der Waals surface area contributed by atoms with E-state index in [4.69, 9.17) is 21.4 Å². The first-order chi connectivity index (χ1) is 15.8. The maximum atomic E-state index is 6.42. The number of hydrogen-bond acceptors (Lipinski definition) is 4. The van der Waals surface area contributed by atoms with Gasteiger partial charge in [-0.2, -0.15) is 0 Å². The van der Waals surface area contributed by atoms with Crippen LogP contribution in [0.2, 0.25) is 0 Å². The number of aromatic nitrogens is 3. The van der Waals surface area contributed by atoms with E-state index >= 15 is 0 Å². The molecule has 0 radical (unpaired) electrons. The second-order valence-corrected chi connectivity index (χ2v) is 11.4. The summed E-state index contributed by atoms with van der Waals surface area (Å²) in [7, 11) is 2.15. The molecule has 0 N–H and O–H groups in total. The first kappa shape index (κ1) is 22.7. The van der Waals surface area contributed by atoms with Crippen LogP contribution in [0.1, 0.15) is 75.6 Å². The van der Waals surface area contributed by atoms with Crippen LogP contribution >= 0.6 is 11.6 Å². The fraction of sp³-hybridized carbons (Fsp3) is 0.556. The number of halogens is 1. The van der Waals surface area contributed by atoms with Gasteiger partial charge in [-0.1, -0.05) is 56.7 Å². The van der Waals surface area contributed by atoms with Crippen molar-refractivity contribution >= 4 is 11.6 Å². The van der Waals surface area contributed by atoms with Crippen LogP contribution < -0.4 is 4.74 Å². The summed E-state index contributed by atoms with van der Waals surface area (Å²) in [5, 5.41) is 10.2. The van der Waals surface area contributed by atoms with Gasteiger partial charge in [0.2, 0.25) is 0 Å². The quantitative estimate of drug-likeness (QED) is 0.558. The van der Waals surface area contributed by atoms with Crippen molar-refractivity contribution in [3.05, 3.63) is 64.7 Å². The third kappa shape index (κ3) is 4.76. The molecule has 3 aliphatic rings. The van der Waals surface area contributed by atoms with Crippen molar-refractivity contribution in [2.75, 3.05) is 13.6 Å². The van der Waals surface area contributed by atoms with Crippen molar-refractivity contribution in [3.8, 4) is 5.75 Å². The van der Waals surface area contributed by atoms with E-state index < -0.39 is 0 Å². The van der Waals surface area contributed by atoms with Crippen LogP contribution in [0.5, 0.6) is 5.75 Å². The third-order valence-corrected chi connectivity index (χ3v) is 7.58. The second-order valence-electron chi connectivity index (χ2n) is 11.0. The zero-order valence-corrected chi connectivity index (χ0v) is 20.9. The number of allylic oxidation sites excluding steroid dienone is 3. The Labute approximate surface area is 202 Å². The van der Waals surface area contributed by atoms with Gasteiger partial charge in [0.05, 0.1) is 18.7 Å². The molecule has 33 heavy (non-hydrogen) atoms. The van der Waals surface area contributed by atoms with Gasteiger partial charge in [-0.05, 0) is 61.9 Å². The van der Waals surface area contributed by atoms with Crippen LogP contribution in [-0.2, 0) is 12.0 Å². The Bertz CT molecular complexity index is 1060. The standard InChI is InChI=1S/C27H35ClN4O/c1-27(2,3)20-6-5-7-23(15-20)33-22-11-8-18(9-12-22)26-30-29-25-17-31(4)16-19-14-21(28)10-13-24(19)32(25)26/h5-7,10,13-15,18-19,22,24H,8-9,11-12,16-17H2,1-4H3/t18-,19?,22-,24?. The van der Waals surface area contributed by atoms with Gasteiger partial charge in [0.25, 0.3) is 0 Å². The second kappa shape index (κ2) is 8.92. The molecule has 0 spiro atoms. The number of hydrogen-bond donors (Lipinski definition) is 0. The predicted molar refractivity (Wildman–Crippen MR) is 133 cm³/mol. The van der Waals surface area contributed by atoms with Gasteiger partial charge in [0.1, 0.15) is 17.4 Å². The molecule has 1 saturated carbocycles. The van der Waals surface area contributed by atoms with Gasteiger partial charge in [0, 0.05) is 23.4 Å². The van der Waals surface area contributed by atoms with E-state index in [0.29, 0.717) is 11.8 Å². The fourth-order valence-corrected chi connectivity index (χ4v) is 5.75. The predicted octanol–water partition coefficient (Wildman–Crippen LogP) is 5.98. The molecular weight excluding hydrogens is 432 g/mol. The first-order valence-electron chi connectivity index (χ1n) is 12.2. The van der Waals surface area contributed by atoms with Gasteiger partial charge in [-0.25, -0.2) is 0 Å². The minimum Gasteiger partial charge on any atom is -0.490 e. The summed E-state index contributed by atoms with van der Waals surface area (Å²) in [6, 6.07) is 8.83. The van der Waals surface area contributed by atoms with E-state index in [2.05, 4.69) is 78.8 Å². The molecule has 5 rings (SSSR count). The zero-order valence-electron chi connectivity index (χ0n) is 20.2. The summed E-state index contributed by atoms with van der Waals surface area (Å²) in [4.78, 5) is 2.32. The number of nitrogens with zero attached hydrogens (tertiary/aromatic N) is 4. The molecule has 2 atom stereocenters. The summed E-state index contributed by atoms with van der Waals surface area (Å²) < 4.78 is 8.82. The normalized spacial score (nSPS) is 28.0. The van der Waals surface area contributed by atoms with Gasteiger partial charge in [-0.3, -0.25) is 4.90 Å². The zero-order chi connectivity index (χ0) is 23.2. The molecule has 6 heteroatoms. The highest BCUT2D eigenvalue weighted by Crippen LogP contribution is 2.39. The van der Waals surface area contributed by atoms with Crippen LogP contribution in [0.4, 0.5) is 0 Å². The Morgan fingerprint density at radius 1 is 1.09 bits per heavy atom. The molecule has 176 valence electrons. The monoisotopic (exact) mass is 466 g/mol.